The molecule has 1 fully saturated rings. The van der Waals surface area contributed by atoms with E-state index in [4.69, 9.17) is 4.74 Å². The van der Waals surface area contributed by atoms with Gasteiger partial charge in [0.25, 0.3) is 0 Å². The summed E-state index contributed by atoms with van der Waals surface area (Å²) in [6.45, 7) is 1.47. The minimum absolute atomic E-state index is 0.0559. The average Bonchev–Trinajstić information content (AvgIpc) is 3.48. The van der Waals surface area contributed by atoms with E-state index in [1.807, 2.05) is 18.3 Å². The number of aromatic amines is 1. The molecule has 1 aromatic heterocycles. The van der Waals surface area contributed by atoms with Crippen LogP contribution in [-0.2, 0) is 24.2 Å². The number of aryl methyl sites for hydroxylation is 1. The van der Waals surface area contributed by atoms with E-state index in [-0.39, 0.29) is 23.7 Å². The van der Waals surface area contributed by atoms with E-state index >= 15 is 0 Å². The van der Waals surface area contributed by atoms with E-state index in [0.717, 1.165) is 24.9 Å². The minimum atomic E-state index is -0.865. The molecule has 7 nitrogen and oxygen atoms in total. The molecular weight excluding hydrogens is 447 g/mol. The van der Waals surface area contributed by atoms with Gasteiger partial charge in [0.05, 0.1) is 18.3 Å². The van der Waals surface area contributed by atoms with Gasteiger partial charge < -0.3 is 15.2 Å². The highest BCUT2D eigenvalue weighted by atomic mass is 19.1. The van der Waals surface area contributed by atoms with Gasteiger partial charge in [-0.15, -0.1) is 0 Å². The smallest absolute Gasteiger partial charge is 0.220 e. The number of aromatic nitrogens is 2. The van der Waals surface area contributed by atoms with Crippen LogP contribution in [0.5, 0.6) is 5.75 Å². The molecule has 35 heavy (non-hydrogen) atoms. The summed E-state index contributed by atoms with van der Waals surface area (Å²) in [5, 5.41) is 21.2. The summed E-state index contributed by atoms with van der Waals surface area (Å²) in [5.74, 6) is -0.402. The number of benzene rings is 2. The molecule has 0 spiro atoms. The second-order valence-electron chi connectivity index (χ2n) is 9.43. The van der Waals surface area contributed by atoms with E-state index in [1.165, 1.54) is 17.2 Å². The third kappa shape index (κ3) is 5.39. The molecule has 1 aliphatic heterocycles. The average molecular weight is 479 g/mol. The third-order valence-electron chi connectivity index (χ3n) is 7.10. The summed E-state index contributed by atoms with van der Waals surface area (Å²) in [5.41, 5.74) is 3.61. The van der Waals surface area contributed by atoms with E-state index in [0.29, 0.717) is 25.8 Å². The van der Waals surface area contributed by atoms with Crippen LogP contribution in [0.4, 0.5) is 4.39 Å². The van der Waals surface area contributed by atoms with Gasteiger partial charge >= 0.3 is 0 Å². The lowest BCUT2D eigenvalue weighted by Crippen LogP contribution is -2.54. The van der Waals surface area contributed by atoms with Gasteiger partial charge in [0, 0.05) is 32.1 Å². The predicted molar refractivity (Wildman–Crippen MR) is 129 cm³/mol. The van der Waals surface area contributed by atoms with Crippen molar-refractivity contribution in [2.24, 2.45) is 0 Å². The van der Waals surface area contributed by atoms with Gasteiger partial charge in [0.1, 0.15) is 12.2 Å². The van der Waals surface area contributed by atoms with Crippen molar-refractivity contribution < 1.29 is 19.0 Å². The lowest BCUT2D eigenvalue weighted by atomic mass is 9.97. The minimum Gasteiger partial charge on any atom is -0.485 e. The van der Waals surface area contributed by atoms with Crippen molar-refractivity contribution in [2.45, 2.75) is 62.9 Å². The molecule has 5 rings (SSSR count). The molecule has 0 unspecified atom stereocenters. The van der Waals surface area contributed by atoms with Crippen LogP contribution in [0, 0.1) is 5.82 Å². The zero-order valence-corrected chi connectivity index (χ0v) is 19.6. The number of fused-ring (bicyclic) bond motifs is 1. The standard InChI is InChI=1S/C27H31FN4O3/c28-21-9-3-4-10-23(21)35-24-14-22(31-25(33)11-5-6-18-15-29-30-16-18)26(27(24)34)32-13-12-19-7-1-2-8-20(19)17-32/h1-4,7-10,15-16,22,24,26-27,34H,5-6,11-14,17H2,(H,29,30)(H,31,33)/t22-,24-,26+,27+/m1/s1. The summed E-state index contributed by atoms with van der Waals surface area (Å²) >= 11 is 0. The number of rotatable bonds is 8. The first-order valence-electron chi connectivity index (χ1n) is 12.3. The van der Waals surface area contributed by atoms with Gasteiger partial charge in [-0.3, -0.25) is 14.8 Å². The molecule has 0 saturated heterocycles. The Bertz CT molecular complexity index is 1140. The number of amides is 1. The van der Waals surface area contributed by atoms with Crippen molar-refractivity contribution in [2.75, 3.05) is 6.54 Å². The molecular formula is C27H31FN4O3. The summed E-state index contributed by atoms with van der Waals surface area (Å²) in [4.78, 5) is 15.1. The van der Waals surface area contributed by atoms with Crippen molar-refractivity contribution in [1.82, 2.24) is 20.4 Å². The van der Waals surface area contributed by atoms with Gasteiger partial charge in [-0.2, -0.15) is 5.10 Å². The largest absolute Gasteiger partial charge is 0.485 e. The highest BCUT2D eigenvalue weighted by molar-refractivity contribution is 5.76. The van der Waals surface area contributed by atoms with Crippen LogP contribution in [0.2, 0.25) is 0 Å². The quantitative estimate of drug-likeness (QED) is 0.463. The number of ether oxygens (including phenoxy) is 1. The summed E-state index contributed by atoms with van der Waals surface area (Å²) in [6.07, 6.45) is 5.25. The lowest BCUT2D eigenvalue weighted by molar-refractivity contribution is -0.122. The molecule has 0 radical (unpaired) electrons. The molecule has 3 aromatic rings. The predicted octanol–water partition coefficient (Wildman–Crippen LogP) is 3.00. The highest BCUT2D eigenvalue weighted by Crippen LogP contribution is 2.33. The second kappa shape index (κ2) is 10.6. The number of aliphatic hydroxyl groups is 1. The first-order valence-corrected chi connectivity index (χ1v) is 12.3. The monoisotopic (exact) mass is 478 g/mol. The third-order valence-corrected chi connectivity index (χ3v) is 7.10. The topological polar surface area (TPSA) is 90.5 Å². The molecule has 2 aliphatic rings. The van der Waals surface area contributed by atoms with Gasteiger partial charge in [-0.1, -0.05) is 36.4 Å². The Hall–Kier alpha value is -3.23. The molecule has 0 bridgehead atoms. The van der Waals surface area contributed by atoms with Gasteiger partial charge in [0.2, 0.25) is 5.91 Å². The van der Waals surface area contributed by atoms with E-state index in [1.54, 1.807) is 24.4 Å². The van der Waals surface area contributed by atoms with E-state index in [9.17, 15) is 14.3 Å². The number of carbonyl (C=O) groups is 1. The maximum atomic E-state index is 14.3. The Morgan fingerprint density at radius 2 is 2.00 bits per heavy atom. The summed E-state index contributed by atoms with van der Waals surface area (Å²) in [7, 11) is 0. The first kappa shape index (κ1) is 23.5. The fourth-order valence-electron chi connectivity index (χ4n) is 5.34. The second-order valence-corrected chi connectivity index (χ2v) is 9.43. The summed E-state index contributed by atoms with van der Waals surface area (Å²) < 4.78 is 20.2. The number of aliphatic hydroxyl groups excluding tert-OH is 1. The lowest BCUT2D eigenvalue weighted by Gasteiger charge is -2.38. The fraction of sp³-hybridized carbons (Fsp3) is 0.407. The molecule has 1 amide bonds. The van der Waals surface area contributed by atoms with Crippen LogP contribution >= 0.6 is 0 Å². The van der Waals surface area contributed by atoms with E-state index < -0.39 is 18.0 Å². The number of hydrogen-bond acceptors (Lipinski definition) is 5. The Morgan fingerprint density at radius 3 is 2.80 bits per heavy atom. The molecule has 8 heteroatoms. The molecule has 2 aromatic carbocycles. The Labute approximate surface area is 204 Å². The van der Waals surface area contributed by atoms with Crippen molar-refractivity contribution in [3.8, 4) is 5.75 Å². The number of H-pyrrole nitrogens is 1. The van der Waals surface area contributed by atoms with Crippen molar-refractivity contribution in [3.05, 3.63) is 83.4 Å². The number of halogens is 1. The highest BCUT2D eigenvalue weighted by Gasteiger charge is 2.48. The molecule has 4 atom stereocenters. The number of para-hydroxylation sites is 1. The summed E-state index contributed by atoms with van der Waals surface area (Å²) in [6, 6.07) is 13.9. The Balaban J connectivity index is 1.29. The molecule has 184 valence electrons. The van der Waals surface area contributed by atoms with Crippen LogP contribution in [0.1, 0.15) is 36.0 Å². The van der Waals surface area contributed by atoms with Crippen LogP contribution in [0.25, 0.3) is 0 Å². The number of nitrogens with one attached hydrogen (secondary N) is 2. The van der Waals surface area contributed by atoms with Crippen LogP contribution in [0.15, 0.2) is 60.9 Å². The number of carbonyl (C=O) groups excluding carboxylic acids is 1. The van der Waals surface area contributed by atoms with Gasteiger partial charge in [-0.05, 0) is 48.1 Å². The molecule has 1 aliphatic carbocycles. The van der Waals surface area contributed by atoms with Crippen molar-refractivity contribution in [1.29, 1.82) is 0 Å². The van der Waals surface area contributed by atoms with E-state index in [2.05, 4.69) is 32.5 Å². The number of nitrogens with zero attached hydrogens (tertiary/aromatic N) is 2. The van der Waals surface area contributed by atoms with Gasteiger partial charge in [-0.25, -0.2) is 4.39 Å². The zero-order chi connectivity index (χ0) is 24.2. The molecule has 2 heterocycles. The van der Waals surface area contributed by atoms with Crippen molar-refractivity contribution >= 4 is 5.91 Å². The maximum absolute atomic E-state index is 14.3. The number of hydrogen-bond donors (Lipinski definition) is 3. The van der Waals surface area contributed by atoms with Gasteiger partial charge in [0.15, 0.2) is 11.6 Å². The van der Waals surface area contributed by atoms with Crippen LogP contribution in [-0.4, -0.2) is 56.9 Å². The Kier molecular flexibility index (Phi) is 7.11. The maximum Gasteiger partial charge on any atom is 0.220 e. The van der Waals surface area contributed by atoms with Crippen molar-refractivity contribution in [3.63, 3.8) is 0 Å². The fourth-order valence-corrected chi connectivity index (χ4v) is 5.34. The molecule has 3 N–H and O–H groups in total. The molecule has 1 saturated carbocycles. The SMILES string of the molecule is O=C(CCCc1cn[nH]c1)N[C@@H]1C[C@@H](Oc2ccccc2F)[C@H](O)[C@H]1N1CCc2ccccc2C1. The van der Waals surface area contributed by atoms with Crippen LogP contribution < -0.4 is 10.1 Å². The Morgan fingerprint density at radius 1 is 1.20 bits per heavy atom. The first-order chi connectivity index (χ1) is 17.1. The zero-order valence-electron chi connectivity index (χ0n) is 19.6. The normalized spacial score (nSPS) is 24.2. The van der Waals surface area contributed by atoms with Crippen LogP contribution in [0.3, 0.4) is 0 Å².